The second-order valence-corrected chi connectivity index (χ2v) is 6.18. The number of hydrogen-bond acceptors (Lipinski definition) is 2. The van der Waals surface area contributed by atoms with Crippen molar-refractivity contribution < 1.29 is 4.74 Å². The summed E-state index contributed by atoms with van der Waals surface area (Å²) < 4.78 is 5.51. The SMILES string of the molecule is CC1CN(C(N)=NC[C@@H]2C[C@H]2C2CCC2)CCO1.I. The molecule has 0 radical (unpaired) electrons. The van der Waals surface area contributed by atoms with Gasteiger partial charge in [-0.2, -0.15) is 0 Å². The van der Waals surface area contributed by atoms with Crippen molar-refractivity contribution >= 4 is 29.9 Å². The second-order valence-electron chi connectivity index (χ2n) is 6.18. The molecule has 5 heteroatoms. The van der Waals surface area contributed by atoms with E-state index in [1.165, 1.54) is 25.7 Å². The maximum absolute atomic E-state index is 6.08. The Morgan fingerprint density at radius 3 is 2.84 bits per heavy atom. The maximum atomic E-state index is 6.08. The Morgan fingerprint density at radius 2 is 2.21 bits per heavy atom. The molecule has 0 amide bonds. The Morgan fingerprint density at radius 1 is 1.42 bits per heavy atom. The van der Waals surface area contributed by atoms with E-state index in [1.807, 2.05) is 0 Å². The molecule has 4 nitrogen and oxygen atoms in total. The molecule has 3 rings (SSSR count). The van der Waals surface area contributed by atoms with E-state index in [1.54, 1.807) is 0 Å². The van der Waals surface area contributed by atoms with Gasteiger partial charge >= 0.3 is 0 Å². The molecular formula is C14H26IN3O. The first-order valence-electron chi connectivity index (χ1n) is 7.40. The van der Waals surface area contributed by atoms with Gasteiger partial charge in [-0.1, -0.05) is 19.3 Å². The van der Waals surface area contributed by atoms with Crippen molar-refractivity contribution in [1.82, 2.24) is 4.90 Å². The van der Waals surface area contributed by atoms with Crippen LogP contribution in [0.4, 0.5) is 0 Å². The molecular weight excluding hydrogens is 353 g/mol. The standard InChI is InChI=1S/C14H25N3O.HI/c1-10-9-17(5-6-18-10)14(15)16-8-12-7-13(12)11-3-2-4-11;/h10-13H,2-9H2,1H3,(H2,15,16);1H/t10?,12-,13-;/m0./s1. The van der Waals surface area contributed by atoms with Gasteiger partial charge in [0, 0.05) is 19.6 Å². The van der Waals surface area contributed by atoms with Gasteiger partial charge in [-0.05, 0) is 31.1 Å². The lowest BCUT2D eigenvalue weighted by atomic mass is 9.81. The van der Waals surface area contributed by atoms with Gasteiger partial charge in [0.2, 0.25) is 0 Å². The fourth-order valence-electron chi connectivity index (χ4n) is 3.26. The number of hydrogen-bond donors (Lipinski definition) is 1. The van der Waals surface area contributed by atoms with Gasteiger partial charge < -0.3 is 15.4 Å². The highest BCUT2D eigenvalue weighted by Crippen LogP contribution is 2.51. The summed E-state index contributed by atoms with van der Waals surface area (Å²) in [5.41, 5.74) is 6.08. The number of rotatable bonds is 3. The molecule has 2 N–H and O–H groups in total. The fourth-order valence-corrected chi connectivity index (χ4v) is 3.26. The van der Waals surface area contributed by atoms with Gasteiger partial charge in [-0.15, -0.1) is 24.0 Å². The zero-order valence-corrected chi connectivity index (χ0v) is 14.1. The Balaban J connectivity index is 0.00000133. The number of ether oxygens (including phenoxy) is 1. The molecule has 0 bridgehead atoms. The lowest BCUT2D eigenvalue weighted by molar-refractivity contribution is 0.00529. The van der Waals surface area contributed by atoms with Crippen LogP contribution in [0.15, 0.2) is 4.99 Å². The van der Waals surface area contributed by atoms with E-state index in [4.69, 9.17) is 10.5 Å². The highest BCUT2D eigenvalue weighted by atomic mass is 127. The first-order valence-corrected chi connectivity index (χ1v) is 7.40. The van der Waals surface area contributed by atoms with Crippen molar-refractivity contribution in [1.29, 1.82) is 0 Å². The number of nitrogens with two attached hydrogens (primary N) is 1. The Bertz CT molecular complexity index is 333. The molecule has 1 heterocycles. The number of halogens is 1. The summed E-state index contributed by atoms with van der Waals surface area (Å²) in [6.45, 7) is 5.57. The monoisotopic (exact) mass is 379 g/mol. The number of guanidine groups is 1. The van der Waals surface area contributed by atoms with Crippen LogP contribution in [0.5, 0.6) is 0 Å². The lowest BCUT2D eigenvalue weighted by Gasteiger charge is -2.31. The molecule has 3 fully saturated rings. The highest BCUT2D eigenvalue weighted by molar-refractivity contribution is 14.0. The molecule has 1 unspecified atom stereocenters. The molecule has 1 saturated heterocycles. The van der Waals surface area contributed by atoms with Gasteiger partial charge in [0.25, 0.3) is 0 Å². The van der Waals surface area contributed by atoms with Crippen LogP contribution in [0.3, 0.4) is 0 Å². The molecule has 0 aromatic rings. The smallest absolute Gasteiger partial charge is 0.191 e. The number of morpholine rings is 1. The van der Waals surface area contributed by atoms with E-state index in [0.717, 1.165) is 50.0 Å². The third-order valence-electron chi connectivity index (χ3n) is 4.79. The van der Waals surface area contributed by atoms with E-state index in [2.05, 4.69) is 16.8 Å². The molecule has 1 aliphatic heterocycles. The molecule has 2 saturated carbocycles. The van der Waals surface area contributed by atoms with E-state index in [0.29, 0.717) is 0 Å². The van der Waals surface area contributed by atoms with Gasteiger partial charge in [-0.3, -0.25) is 4.99 Å². The van der Waals surface area contributed by atoms with Gasteiger partial charge in [-0.25, -0.2) is 0 Å². The lowest BCUT2D eigenvalue weighted by Crippen LogP contribution is -2.48. The van der Waals surface area contributed by atoms with Crippen molar-refractivity contribution in [2.24, 2.45) is 28.5 Å². The molecule has 3 aliphatic rings. The largest absolute Gasteiger partial charge is 0.375 e. The topological polar surface area (TPSA) is 50.8 Å². The van der Waals surface area contributed by atoms with E-state index in [-0.39, 0.29) is 30.1 Å². The van der Waals surface area contributed by atoms with Crippen LogP contribution in [-0.4, -0.2) is 43.2 Å². The van der Waals surface area contributed by atoms with E-state index < -0.39 is 0 Å². The molecule has 0 aromatic heterocycles. The summed E-state index contributed by atoms with van der Waals surface area (Å²) in [6, 6.07) is 0. The first-order chi connectivity index (χ1) is 8.74. The highest BCUT2D eigenvalue weighted by Gasteiger charge is 2.44. The number of aliphatic imine (C=N–C) groups is 1. The predicted molar refractivity (Wildman–Crippen MR) is 87.8 cm³/mol. The maximum Gasteiger partial charge on any atom is 0.191 e. The predicted octanol–water partition coefficient (Wildman–Crippen LogP) is 2.08. The zero-order valence-electron chi connectivity index (χ0n) is 11.8. The van der Waals surface area contributed by atoms with E-state index >= 15 is 0 Å². The van der Waals surface area contributed by atoms with Gasteiger partial charge in [0.1, 0.15) is 0 Å². The van der Waals surface area contributed by atoms with Crippen molar-refractivity contribution in [2.75, 3.05) is 26.2 Å². The minimum absolute atomic E-state index is 0. The van der Waals surface area contributed by atoms with Gasteiger partial charge in [0.15, 0.2) is 5.96 Å². The summed E-state index contributed by atoms with van der Waals surface area (Å²) in [6.07, 6.45) is 6.03. The van der Waals surface area contributed by atoms with Crippen molar-refractivity contribution in [2.45, 2.75) is 38.7 Å². The normalized spacial score (nSPS) is 35.5. The third kappa shape index (κ3) is 3.74. The molecule has 3 atom stereocenters. The summed E-state index contributed by atoms with van der Waals surface area (Å²) in [5, 5.41) is 0. The average Bonchev–Trinajstić information content (AvgIpc) is 3.03. The summed E-state index contributed by atoms with van der Waals surface area (Å²) in [4.78, 5) is 6.76. The Labute approximate surface area is 133 Å². The second kappa shape index (κ2) is 6.61. The van der Waals surface area contributed by atoms with Gasteiger partial charge in [0.05, 0.1) is 12.7 Å². The van der Waals surface area contributed by atoms with Crippen LogP contribution in [0, 0.1) is 17.8 Å². The van der Waals surface area contributed by atoms with Crippen molar-refractivity contribution in [3.63, 3.8) is 0 Å². The molecule has 0 spiro atoms. The van der Waals surface area contributed by atoms with Crippen LogP contribution in [0.1, 0.15) is 32.6 Å². The van der Waals surface area contributed by atoms with E-state index in [9.17, 15) is 0 Å². The Kier molecular flexibility index (Phi) is 5.34. The summed E-state index contributed by atoms with van der Waals surface area (Å²) >= 11 is 0. The number of nitrogens with zero attached hydrogens (tertiary/aromatic N) is 2. The fraction of sp³-hybridized carbons (Fsp3) is 0.929. The minimum Gasteiger partial charge on any atom is -0.375 e. The molecule has 0 aromatic carbocycles. The Hall–Kier alpha value is -0.0400. The van der Waals surface area contributed by atoms with Crippen LogP contribution in [0.2, 0.25) is 0 Å². The zero-order chi connectivity index (χ0) is 12.5. The summed E-state index contributed by atoms with van der Waals surface area (Å²) in [5.74, 6) is 3.55. The molecule has 2 aliphatic carbocycles. The summed E-state index contributed by atoms with van der Waals surface area (Å²) in [7, 11) is 0. The van der Waals surface area contributed by atoms with Crippen LogP contribution < -0.4 is 5.73 Å². The van der Waals surface area contributed by atoms with Crippen molar-refractivity contribution in [3.05, 3.63) is 0 Å². The van der Waals surface area contributed by atoms with Crippen molar-refractivity contribution in [3.8, 4) is 0 Å². The molecule has 19 heavy (non-hydrogen) atoms. The van der Waals surface area contributed by atoms with Crippen LogP contribution >= 0.6 is 24.0 Å². The molecule has 110 valence electrons. The average molecular weight is 379 g/mol. The first kappa shape index (κ1) is 15.4. The van der Waals surface area contributed by atoms with Crippen LogP contribution in [0.25, 0.3) is 0 Å². The third-order valence-corrected chi connectivity index (χ3v) is 4.79. The quantitative estimate of drug-likeness (QED) is 0.464. The van der Waals surface area contributed by atoms with Crippen LogP contribution in [-0.2, 0) is 4.74 Å². The minimum atomic E-state index is 0.